The number of carbonyl (C=O) groups excluding carboxylic acids is 3. The molecule has 204 valence electrons. The average Bonchev–Trinajstić information content (AvgIpc) is 3.22. The molecule has 4 aliphatic rings. The lowest BCUT2D eigenvalue weighted by molar-refractivity contribution is -0.128. The molecular formula is C34H28N2O5. The number of para-hydroxylation sites is 1. The van der Waals surface area contributed by atoms with Gasteiger partial charge in [-0.15, -0.1) is 0 Å². The van der Waals surface area contributed by atoms with Gasteiger partial charge in [0, 0.05) is 17.9 Å². The Balaban J connectivity index is 1.32. The lowest BCUT2D eigenvalue weighted by Crippen LogP contribution is -2.49. The largest absolute Gasteiger partial charge is 0.497 e. The number of carbonyl (C=O) groups is 3. The zero-order valence-corrected chi connectivity index (χ0v) is 22.9. The van der Waals surface area contributed by atoms with Crippen molar-refractivity contribution in [3.63, 3.8) is 0 Å². The SMILES string of the molecule is COc1ccc(NC(=O)c2ccccc2N2C(=O)[C@H]3C4c5ccccc5C(c5ccccc54)[C@]3(C)C2=O)c(OC)c1. The summed E-state index contributed by atoms with van der Waals surface area (Å²) < 4.78 is 10.7. The van der Waals surface area contributed by atoms with Crippen LogP contribution in [0.15, 0.2) is 91.0 Å². The molecule has 0 saturated carbocycles. The van der Waals surface area contributed by atoms with Gasteiger partial charge in [-0.3, -0.25) is 14.4 Å². The number of imide groups is 1. The molecule has 8 rings (SSSR count). The molecule has 1 heterocycles. The molecule has 3 aliphatic carbocycles. The number of nitrogens with zero attached hydrogens (tertiary/aromatic N) is 1. The number of ether oxygens (including phenoxy) is 2. The van der Waals surface area contributed by atoms with Crippen LogP contribution in [0.25, 0.3) is 0 Å². The Morgan fingerprint density at radius 3 is 2.05 bits per heavy atom. The molecule has 0 unspecified atom stereocenters. The summed E-state index contributed by atoms with van der Waals surface area (Å²) in [7, 11) is 3.06. The molecule has 4 aromatic rings. The number of amides is 3. The van der Waals surface area contributed by atoms with E-state index in [-0.39, 0.29) is 34.9 Å². The van der Waals surface area contributed by atoms with Crippen LogP contribution in [0.3, 0.4) is 0 Å². The summed E-state index contributed by atoms with van der Waals surface area (Å²) in [5.41, 5.74) is 4.32. The standard InChI is InChI=1S/C34H28N2O5/c1-34-29-22-12-6-4-10-20(22)28(21-11-5-7-13-23(21)29)30(34)32(38)36(33(34)39)26-15-9-8-14-24(26)31(37)35-25-17-16-19(40-2)18-27(25)41-3/h4-18,28-30H,1-3H3,(H,35,37)/t28?,29?,30-,34+/m1/s1. The minimum absolute atomic E-state index is 0.219. The van der Waals surface area contributed by atoms with Crippen molar-refractivity contribution >= 4 is 29.1 Å². The second-order valence-corrected chi connectivity index (χ2v) is 10.9. The van der Waals surface area contributed by atoms with Crippen LogP contribution in [-0.4, -0.2) is 31.9 Å². The summed E-state index contributed by atoms with van der Waals surface area (Å²) in [5, 5.41) is 2.88. The van der Waals surface area contributed by atoms with Gasteiger partial charge in [-0.1, -0.05) is 60.7 Å². The molecule has 7 heteroatoms. The number of nitrogens with one attached hydrogen (secondary N) is 1. The zero-order chi connectivity index (χ0) is 28.5. The van der Waals surface area contributed by atoms with Gasteiger partial charge in [0.15, 0.2) is 0 Å². The molecule has 41 heavy (non-hydrogen) atoms. The van der Waals surface area contributed by atoms with E-state index in [2.05, 4.69) is 29.6 Å². The second kappa shape index (κ2) is 9.06. The van der Waals surface area contributed by atoms with Gasteiger partial charge in [0.05, 0.1) is 42.5 Å². The minimum atomic E-state index is -0.993. The van der Waals surface area contributed by atoms with Crippen LogP contribution in [0.2, 0.25) is 0 Å². The number of hydrogen-bond donors (Lipinski definition) is 1. The van der Waals surface area contributed by atoms with Gasteiger partial charge in [0.25, 0.3) is 5.91 Å². The Labute approximate surface area is 237 Å². The van der Waals surface area contributed by atoms with Gasteiger partial charge in [0.2, 0.25) is 11.8 Å². The molecule has 1 fully saturated rings. The first-order valence-corrected chi connectivity index (χ1v) is 13.6. The average molecular weight is 545 g/mol. The third-order valence-electron chi connectivity index (χ3n) is 9.06. The molecular weight excluding hydrogens is 516 g/mol. The van der Waals surface area contributed by atoms with Gasteiger partial charge >= 0.3 is 0 Å². The Kier molecular flexibility index (Phi) is 5.54. The van der Waals surface area contributed by atoms with Crippen molar-refractivity contribution in [1.29, 1.82) is 0 Å². The van der Waals surface area contributed by atoms with Crippen molar-refractivity contribution in [2.45, 2.75) is 18.8 Å². The van der Waals surface area contributed by atoms with E-state index in [0.717, 1.165) is 22.3 Å². The minimum Gasteiger partial charge on any atom is -0.497 e. The molecule has 0 aromatic heterocycles. The fraction of sp³-hybridized carbons (Fsp3) is 0.206. The van der Waals surface area contributed by atoms with Gasteiger partial charge in [-0.25, -0.2) is 4.90 Å². The predicted molar refractivity (Wildman–Crippen MR) is 155 cm³/mol. The quantitative estimate of drug-likeness (QED) is 0.324. The maximum Gasteiger partial charge on any atom is 0.257 e. The van der Waals surface area contributed by atoms with Crippen molar-refractivity contribution in [3.8, 4) is 11.5 Å². The Morgan fingerprint density at radius 2 is 1.41 bits per heavy atom. The number of benzene rings is 4. The number of hydrogen-bond acceptors (Lipinski definition) is 5. The van der Waals surface area contributed by atoms with E-state index in [1.165, 1.54) is 12.0 Å². The maximum absolute atomic E-state index is 14.5. The van der Waals surface area contributed by atoms with Crippen LogP contribution in [-0.2, 0) is 9.59 Å². The van der Waals surface area contributed by atoms with Gasteiger partial charge in [-0.05, 0) is 53.4 Å². The molecule has 1 aliphatic heterocycles. The van der Waals surface area contributed by atoms with Crippen LogP contribution in [0, 0.1) is 11.3 Å². The van der Waals surface area contributed by atoms with E-state index < -0.39 is 17.2 Å². The summed E-state index contributed by atoms with van der Waals surface area (Å²) in [4.78, 5) is 43.9. The molecule has 1 saturated heterocycles. The van der Waals surface area contributed by atoms with Crippen LogP contribution in [0.4, 0.5) is 11.4 Å². The molecule has 7 nitrogen and oxygen atoms in total. The van der Waals surface area contributed by atoms with Crippen LogP contribution in [0.1, 0.15) is 51.4 Å². The van der Waals surface area contributed by atoms with E-state index in [0.29, 0.717) is 17.2 Å². The van der Waals surface area contributed by atoms with Gasteiger partial charge in [-0.2, -0.15) is 0 Å². The normalized spacial score (nSPS) is 23.5. The molecule has 4 aromatic carbocycles. The highest BCUT2D eigenvalue weighted by Gasteiger charge is 2.69. The van der Waals surface area contributed by atoms with E-state index in [4.69, 9.17) is 9.47 Å². The monoisotopic (exact) mass is 544 g/mol. The van der Waals surface area contributed by atoms with Gasteiger partial charge < -0.3 is 14.8 Å². The van der Waals surface area contributed by atoms with Crippen LogP contribution >= 0.6 is 0 Å². The van der Waals surface area contributed by atoms with Crippen molar-refractivity contribution < 1.29 is 23.9 Å². The summed E-state index contributed by atoms with van der Waals surface area (Å²) >= 11 is 0. The second-order valence-electron chi connectivity index (χ2n) is 10.9. The lowest BCUT2D eigenvalue weighted by atomic mass is 9.48. The molecule has 2 atom stereocenters. The Bertz CT molecular complexity index is 1720. The zero-order valence-electron chi connectivity index (χ0n) is 22.9. The number of anilines is 2. The third-order valence-corrected chi connectivity index (χ3v) is 9.06. The fourth-order valence-corrected chi connectivity index (χ4v) is 7.30. The molecule has 2 bridgehead atoms. The van der Waals surface area contributed by atoms with Crippen molar-refractivity contribution in [1.82, 2.24) is 0 Å². The third kappa shape index (κ3) is 3.35. The Hall–Kier alpha value is -4.91. The molecule has 3 amide bonds. The molecule has 0 spiro atoms. The summed E-state index contributed by atoms with van der Waals surface area (Å²) in [6.45, 7) is 1.92. The van der Waals surface area contributed by atoms with Gasteiger partial charge in [0.1, 0.15) is 11.5 Å². The van der Waals surface area contributed by atoms with Crippen molar-refractivity contribution in [2.24, 2.45) is 11.3 Å². The van der Waals surface area contributed by atoms with E-state index >= 15 is 0 Å². The topological polar surface area (TPSA) is 84.9 Å². The fourth-order valence-electron chi connectivity index (χ4n) is 7.30. The van der Waals surface area contributed by atoms with Crippen molar-refractivity contribution in [3.05, 3.63) is 119 Å². The first kappa shape index (κ1) is 25.1. The lowest BCUT2D eigenvalue weighted by Gasteiger charge is -2.51. The highest BCUT2D eigenvalue weighted by Crippen LogP contribution is 2.67. The highest BCUT2D eigenvalue weighted by atomic mass is 16.5. The number of methoxy groups -OCH3 is 2. The summed E-state index contributed by atoms with van der Waals surface area (Å²) in [5.74, 6) is -1.11. The first-order chi connectivity index (χ1) is 19.9. The smallest absolute Gasteiger partial charge is 0.257 e. The highest BCUT2D eigenvalue weighted by molar-refractivity contribution is 6.27. The summed E-state index contributed by atoms with van der Waals surface area (Å²) in [6, 6.07) is 28.1. The van der Waals surface area contributed by atoms with E-state index in [1.807, 2.05) is 31.2 Å². The van der Waals surface area contributed by atoms with Crippen LogP contribution < -0.4 is 19.7 Å². The first-order valence-electron chi connectivity index (χ1n) is 13.6. The predicted octanol–water partition coefficient (Wildman–Crippen LogP) is 5.74. The van der Waals surface area contributed by atoms with Crippen molar-refractivity contribution in [2.75, 3.05) is 24.4 Å². The molecule has 0 radical (unpaired) electrons. The summed E-state index contributed by atoms with van der Waals surface area (Å²) in [6.07, 6.45) is 0. The number of rotatable bonds is 5. The van der Waals surface area contributed by atoms with Crippen LogP contribution in [0.5, 0.6) is 11.5 Å². The maximum atomic E-state index is 14.5. The van der Waals surface area contributed by atoms with E-state index in [1.54, 1.807) is 49.6 Å². The van der Waals surface area contributed by atoms with E-state index in [9.17, 15) is 14.4 Å². The Morgan fingerprint density at radius 1 is 0.805 bits per heavy atom. The molecule has 1 N–H and O–H groups in total.